The standard InChI is InChI=1S/C17H26N4O6S/c1-20(2)28(24,25)21-9-4-7-19-17(23)14-6-5-13(26-3)11-15(14)27-10-8-18-16(22)12-21/h5-6,11H,4,7-10,12H2,1-3H3,(H,18,22)(H,19,23). The van der Waals surface area contributed by atoms with E-state index in [2.05, 4.69) is 10.6 Å². The Kier molecular flexibility index (Phi) is 7.61. The predicted molar refractivity (Wildman–Crippen MR) is 103 cm³/mol. The van der Waals surface area contributed by atoms with Gasteiger partial charge in [-0.1, -0.05) is 0 Å². The van der Waals surface area contributed by atoms with Crippen molar-refractivity contribution in [3.05, 3.63) is 23.8 Å². The Morgan fingerprint density at radius 1 is 1.18 bits per heavy atom. The molecule has 2 N–H and O–H groups in total. The van der Waals surface area contributed by atoms with Crippen LogP contribution in [-0.4, -0.2) is 82.8 Å². The van der Waals surface area contributed by atoms with Gasteiger partial charge in [-0.25, -0.2) is 0 Å². The summed E-state index contributed by atoms with van der Waals surface area (Å²) in [5.41, 5.74) is 0.335. The molecular formula is C17H26N4O6S. The van der Waals surface area contributed by atoms with Gasteiger partial charge in [0.1, 0.15) is 18.1 Å². The summed E-state index contributed by atoms with van der Waals surface area (Å²) in [4.78, 5) is 24.6. The fourth-order valence-corrected chi connectivity index (χ4v) is 3.67. The predicted octanol–water partition coefficient (Wildman–Crippen LogP) is -0.568. The number of ether oxygens (including phenoxy) is 2. The SMILES string of the molecule is COc1ccc2c(c1)OCCNC(=O)CN(S(=O)(=O)N(C)C)CCCNC2=O. The molecule has 10 nitrogen and oxygen atoms in total. The Bertz CT molecular complexity index is 812. The van der Waals surface area contributed by atoms with Crippen molar-refractivity contribution in [2.24, 2.45) is 0 Å². The zero-order valence-electron chi connectivity index (χ0n) is 16.2. The van der Waals surface area contributed by atoms with Crippen molar-refractivity contribution < 1.29 is 27.5 Å². The molecule has 28 heavy (non-hydrogen) atoms. The molecule has 156 valence electrons. The number of nitrogens with zero attached hydrogens (tertiary/aromatic N) is 2. The maximum atomic E-state index is 12.5. The normalized spacial score (nSPS) is 17.7. The zero-order valence-corrected chi connectivity index (χ0v) is 17.0. The van der Waals surface area contributed by atoms with Gasteiger partial charge in [-0.15, -0.1) is 0 Å². The molecule has 1 aromatic rings. The summed E-state index contributed by atoms with van der Waals surface area (Å²) in [5.74, 6) is 0.128. The zero-order chi connectivity index (χ0) is 20.7. The van der Waals surface area contributed by atoms with E-state index in [1.54, 1.807) is 18.2 Å². The smallest absolute Gasteiger partial charge is 0.281 e. The lowest BCUT2D eigenvalue weighted by Crippen LogP contribution is -2.47. The van der Waals surface area contributed by atoms with E-state index in [4.69, 9.17) is 9.47 Å². The number of fused-ring (bicyclic) bond motifs is 1. The van der Waals surface area contributed by atoms with Crippen LogP contribution in [0.4, 0.5) is 0 Å². The molecule has 11 heteroatoms. The first-order valence-electron chi connectivity index (χ1n) is 8.79. The number of amides is 2. The molecule has 1 aliphatic heterocycles. The van der Waals surface area contributed by atoms with Gasteiger partial charge in [-0.05, 0) is 18.6 Å². The average Bonchev–Trinajstić information content (AvgIpc) is 2.66. The minimum atomic E-state index is -3.76. The lowest BCUT2D eigenvalue weighted by molar-refractivity contribution is -0.121. The highest BCUT2D eigenvalue weighted by Gasteiger charge is 2.26. The molecule has 2 amide bonds. The number of nitrogens with one attached hydrogen (secondary N) is 2. The van der Waals surface area contributed by atoms with Crippen LogP contribution in [0.3, 0.4) is 0 Å². The molecule has 0 saturated carbocycles. The molecule has 2 rings (SSSR count). The summed E-state index contributed by atoms with van der Waals surface area (Å²) in [5, 5.41) is 5.37. The molecule has 0 aliphatic carbocycles. The number of carbonyl (C=O) groups is 2. The fraction of sp³-hybridized carbons (Fsp3) is 0.529. The quantitative estimate of drug-likeness (QED) is 0.684. The van der Waals surface area contributed by atoms with Crippen LogP contribution in [0.25, 0.3) is 0 Å². The largest absolute Gasteiger partial charge is 0.497 e. The van der Waals surface area contributed by atoms with E-state index >= 15 is 0 Å². The van der Waals surface area contributed by atoms with Crippen molar-refractivity contribution in [1.29, 1.82) is 0 Å². The van der Waals surface area contributed by atoms with E-state index in [1.165, 1.54) is 21.2 Å². The van der Waals surface area contributed by atoms with Crippen molar-refractivity contribution in [3.8, 4) is 11.5 Å². The molecule has 0 fully saturated rings. The third-order valence-electron chi connectivity index (χ3n) is 4.09. The second-order valence-electron chi connectivity index (χ2n) is 6.29. The van der Waals surface area contributed by atoms with Crippen molar-refractivity contribution in [2.75, 3.05) is 54.0 Å². The lowest BCUT2D eigenvalue weighted by Gasteiger charge is -2.25. The Labute approximate surface area is 165 Å². The van der Waals surface area contributed by atoms with E-state index in [1.807, 2.05) is 0 Å². The van der Waals surface area contributed by atoms with Crippen LogP contribution >= 0.6 is 0 Å². The third-order valence-corrected chi connectivity index (χ3v) is 5.98. The number of methoxy groups -OCH3 is 1. The summed E-state index contributed by atoms with van der Waals surface area (Å²) in [6.07, 6.45) is 0.346. The van der Waals surface area contributed by atoms with Gasteiger partial charge in [0.25, 0.3) is 16.1 Å². The van der Waals surface area contributed by atoms with Gasteiger partial charge in [0.2, 0.25) is 5.91 Å². The summed E-state index contributed by atoms with van der Waals surface area (Å²) in [7, 11) is 0.557. The summed E-state index contributed by atoms with van der Waals surface area (Å²) in [6.45, 7) is 0.303. The molecule has 0 unspecified atom stereocenters. The van der Waals surface area contributed by atoms with Crippen LogP contribution in [0, 0.1) is 0 Å². The monoisotopic (exact) mass is 414 g/mol. The third kappa shape index (κ3) is 5.57. The van der Waals surface area contributed by atoms with Crippen molar-refractivity contribution in [3.63, 3.8) is 0 Å². The first-order valence-corrected chi connectivity index (χ1v) is 10.2. The Morgan fingerprint density at radius 2 is 1.93 bits per heavy atom. The molecule has 1 heterocycles. The number of hydrogen-bond donors (Lipinski definition) is 2. The maximum Gasteiger partial charge on any atom is 0.281 e. The summed E-state index contributed by atoms with van der Waals surface area (Å²) >= 11 is 0. The molecule has 0 saturated heterocycles. The fourth-order valence-electron chi connectivity index (χ4n) is 2.56. The van der Waals surface area contributed by atoms with Crippen molar-refractivity contribution >= 4 is 22.0 Å². The van der Waals surface area contributed by atoms with Crippen LogP contribution in [0.1, 0.15) is 16.8 Å². The van der Waals surface area contributed by atoms with Gasteiger partial charge in [0.05, 0.1) is 25.8 Å². The number of benzene rings is 1. The molecule has 0 atom stereocenters. The van der Waals surface area contributed by atoms with Crippen LogP contribution in [0.15, 0.2) is 18.2 Å². The first kappa shape index (κ1) is 21.9. The lowest BCUT2D eigenvalue weighted by atomic mass is 10.1. The van der Waals surface area contributed by atoms with E-state index in [9.17, 15) is 18.0 Å². The van der Waals surface area contributed by atoms with Crippen LogP contribution in [-0.2, 0) is 15.0 Å². The molecule has 0 radical (unpaired) electrons. The van der Waals surface area contributed by atoms with Crippen LogP contribution < -0.4 is 20.1 Å². The van der Waals surface area contributed by atoms with Crippen molar-refractivity contribution in [2.45, 2.75) is 6.42 Å². The molecule has 0 aromatic heterocycles. The number of rotatable bonds is 3. The molecule has 1 aliphatic rings. The van der Waals surface area contributed by atoms with Gasteiger partial charge in [-0.3, -0.25) is 9.59 Å². The minimum Gasteiger partial charge on any atom is -0.497 e. The van der Waals surface area contributed by atoms with Crippen LogP contribution in [0.5, 0.6) is 11.5 Å². The van der Waals surface area contributed by atoms with E-state index in [0.717, 1.165) is 8.61 Å². The second-order valence-corrected chi connectivity index (χ2v) is 8.44. The van der Waals surface area contributed by atoms with Gasteiger partial charge < -0.3 is 20.1 Å². The van der Waals surface area contributed by atoms with Gasteiger partial charge in [0.15, 0.2) is 0 Å². The van der Waals surface area contributed by atoms with Gasteiger partial charge >= 0.3 is 0 Å². The highest BCUT2D eigenvalue weighted by atomic mass is 32.2. The number of hydrogen-bond acceptors (Lipinski definition) is 6. The highest BCUT2D eigenvalue weighted by Crippen LogP contribution is 2.25. The van der Waals surface area contributed by atoms with E-state index in [-0.39, 0.29) is 38.7 Å². The van der Waals surface area contributed by atoms with Crippen molar-refractivity contribution in [1.82, 2.24) is 19.2 Å². The van der Waals surface area contributed by atoms with E-state index < -0.39 is 16.1 Å². The topological polar surface area (TPSA) is 117 Å². The second kappa shape index (κ2) is 9.71. The minimum absolute atomic E-state index is 0.0974. The number of carbonyl (C=O) groups excluding carboxylic acids is 2. The van der Waals surface area contributed by atoms with Crippen LogP contribution in [0.2, 0.25) is 0 Å². The summed E-state index contributed by atoms with van der Waals surface area (Å²) < 4.78 is 37.7. The molecule has 0 bridgehead atoms. The molecule has 0 spiro atoms. The average molecular weight is 414 g/mol. The Hall–Kier alpha value is -2.37. The first-order chi connectivity index (χ1) is 13.3. The van der Waals surface area contributed by atoms with Gasteiger partial charge in [0, 0.05) is 33.3 Å². The molecular weight excluding hydrogens is 388 g/mol. The highest BCUT2D eigenvalue weighted by molar-refractivity contribution is 7.86. The van der Waals surface area contributed by atoms with Gasteiger partial charge in [-0.2, -0.15) is 17.0 Å². The van der Waals surface area contributed by atoms with E-state index in [0.29, 0.717) is 23.5 Å². The molecule has 1 aromatic carbocycles. The Morgan fingerprint density at radius 3 is 2.61 bits per heavy atom. The maximum absolute atomic E-state index is 12.5. The summed E-state index contributed by atoms with van der Waals surface area (Å²) in [6, 6.07) is 4.85. The Balaban J connectivity index is 2.19.